The highest BCUT2D eigenvalue weighted by molar-refractivity contribution is 6.03. The minimum Gasteiger partial charge on any atom is -0.472 e. The van der Waals surface area contributed by atoms with Crippen molar-refractivity contribution in [2.75, 3.05) is 25.1 Å². The smallest absolute Gasteiger partial charge is 0.234 e. The number of carbonyl (C=O) groups is 2. The second-order valence-electron chi connectivity index (χ2n) is 8.29. The summed E-state index contributed by atoms with van der Waals surface area (Å²) in [7, 11) is 1.74. The first-order valence-electron chi connectivity index (χ1n) is 10.2. The van der Waals surface area contributed by atoms with Gasteiger partial charge in [-0.15, -0.1) is 0 Å². The van der Waals surface area contributed by atoms with Crippen molar-refractivity contribution in [2.45, 2.75) is 24.7 Å². The third-order valence-corrected chi connectivity index (χ3v) is 6.41. The van der Waals surface area contributed by atoms with E-state index in [0.29, 0.717) is 19.5 Å². The van der Waals surface area contributed by atoms with Crippen molar-refractivity contribution in [2.24, 2.45) is 11.8 Å². The summed E-state index contributed by atoms with van der Waals surface area (Å²) in [6.07, 6.45) is 7.29. The Morgan fingerprint density at radius 1 is 1.27 bits per heavy atom. The number of aliphatic hydroxyl groups excluding tert-OH is 1. The molecule has 4 heterocycles. The molecule has 4 atom stereocenters. The first-order valence-corrected chi connectivity index (χ1v) is 10.2. The van der Waals surface area contributed by atoms with Crippen LogP contribution >= 0.6 is 0 Å². The van der Waals surface area contributed by atoms with Crippen LogP contribution in [0.2, 0.25) is 0 Å². The fourth-order valence-corrected chi connectivity index (χ4v) is 4.96. The van der Waals surface area contributed by atoms with Gasteiger partial charge in [-0.2, -0.15) is 0 Å². The summed E-state index contributed by atoms with van der Waals surface area (Å²) in [5, 5.41) is 9.10. The molecule has 2 bridgehead atoms. The Balaban J connectivity index is 1.39. The maximum absolute atomic E-state index is 13.4. The minimum atomic E-state index is -0.748. The van der Waals surface area contributed by atoms with E-state index in [1.165, 1.54) is 0 Å². The molecule has 0 radical (unpaired) electrons. The second kappa shape index (κ2) is 7.11. The van der Waals surface area contributed by atoms with Crippen LogP contribution in [0.5, 0.6) is 0 Å². The van der Waals surface area contributed by atoms with Crippen LogP contribution in [0.25, 0.3) is 0 Å². The van der Waals surface area contributed by atoms with Gasteiger partial charge < -0.3 is 24.1 Å². The average Bonchev–Trinajstić information content (AvgIpc) is 3.51. The van der Waals surface area contributed by atoms with E-state index >= 15 is 0 Å². The number of fused-ring (bicyclic) bond motifs is 1. The van der Waals surface area contributed by atoms with Crippen molar-refractivity contribution < 1.29 is 23.8 Å². The van der Waals surface area contributed by atoms with Crippen LogP contribution in [0.3, 0.4) is 0 Å². The lowest BCUT2D eigenvalue weighted by Gasteiger charge is -2.27. The fraction of sp³-hybridized carbons (Fsp3) is 0.391. The van der Waals surface area contributed by atoms with Crippen molar-refractivity contribution in [1.29, 1.82) is 0 Å². The summed E-state index contributed by atoms with van der Waals surface area (Å²) >= 11 is 0. The molecule has 1 N–H and O–H groups in total. The van der Waals surface area contributed by atoms with Gasteiger partial charge in [0.2, 0.25) is 11.8 Å². The lowest BCUT2D eigenvalue weighted by Crippen LogP contribution is -2.44. The van der Waals surface area contributed by atoms with Gasteiger partial charge >= 0.3 is 0 Å². The number of hydrogen-bond donors (Lipinski definition) is 1. The molecule has 30 heavy (non-hydrogen) atoms. The summed E-state index contributed by atoms with van der Waals surface area (Å²) < 4.78 is 11.3. The summed E-state index contributed by atoms with van der Waals surface area (Å²) in [6, 6.07) is 9.43. The number of ether oxygens (including phenoxy) is 1. The van der Waals surface area contributed by atoms with Crippen LogP contribution in [0.4, 0.5) is 5.69 Å². The molecule has 156 valence electrons. The van der Waals surface area contributed by atoms with Gasteiger partial charge in [-0.25, -0.2) is 0 Å². The molecule has 1 spiro atoms. The summed E-state index contributed by atoms with van der Waals surface area (Å²) in [5.41, 5.74) is 1.95. The average molecular weight is 408 g/mol. The molecule has 1 aromatic heterocycles. The Hall–Kier alpha value is -2.90. The molecule has 7 nitrogen and oxygen atoms in total. The van der Waals surface area contributed by atoms with Gasteiger partial charge in [0.1, 0.15) is 5.60 Å². The van der Waals surface area contributed by atoms with Gasteiger partial charge in [0.25, 0.3) is 0 Å². The Morgan fingerprint density at radius 3 is 2.77 bits per heavy atom. The monoisotopic (exact) mass is 408 g/mol. The summed E-state index contributed by atoms with van der Waals surface area (Å²) in [4.78, 5) is 30.1. The number of furan rings is 1. The van der Waals surface area contributed by atoms with Crippen LogP contribution in [-0.4, -0.2) is 53.7 Å². The molecule has 2 aromatic rings. The van der Waals surface area contributed by atoms with Gasteiger partial charge in [-0.1, -0.05) is 24.3 Å². The lowest BCUT2D eigenvalue weighted by atomic mass is 9.76. The number of hydrogen-bond acceptors (Lipinski definition) is 5. The maximum atomic E-state index is 13.4. The van der Waals surface area contributed by atoms with Crippen LogP contribution in [0.15, 0.2) is 59.4 Å². The third-order valence-electron chi connectivity index (χ3n) is 6.41. The SMILES string of the molecule is CN(Cc1ccoc1)C(=O)[C@@H]1[C@@H]2C=C[C@@]3(CN(c4ccc(CCO)cc4)C(=O)[C@@H]13)O2. The maximum Gasteiger partial charge on any atom is 0.234 e. The van der Waals surface area contributed by atoms with Crippen molar-refractivity contribution >= 4 is 17.5 Å². The van der Waals surface area contributed by atoms with E-state index in [4.69, 9.17) is 14.3 Å². The zero-order chi connectivity index (χ0) is 20.9. The van der Waals surface area contributed by atoms with Crippen LogP contribution in [0.1, 0.15) is 11.1 Å². The van der Waals surface area contributed by atoms with Crippen molar-refractivity contribution in [3.05, 3.63) is 66.1 Å². The van der Waals surface area contributed by atoms with Gasteiger partial charge in [0, 0.05) is 31.5 Å². The summed E-state index contributed by atoms with van der Waals surface area (Å²) in [5.74, 6) is -1.22. The molecule has 0 unspecified atom stereocenters. The van der Waals surface area contributed by atoms with E-state index in [2.05, 4.69) is 0 Å². The van der Waals surface area contributed by atoms with E-state index in [0.717, 1.165) is 16.8 Å². The molecular weight excluding hydrogens is 384 g/mol. The van der Waals surface area contributed by atoms with E-state index in [-0.39, 0.29) is 24.5 Å². The van der Waals surface area contributed by atoms with E-state index in [9.17, 15) is 9.59 Å². The normalized spacial score (nSPS) is 28.9. The van der Waals surface area contributed by atoms with Crippen LogP contribution in [-0.2, 0) is 27.3 Å². The molecule has 0 saturated carbocycles. The molecule has 2 fully saturated rings. The second-order valence-corrected chi connectivity index (χ2v) is 8.29. The third kappa shape index (κ3) is 2.88. The molecule has 1 aromatic carbocycles. The van der Waals surface area contributed by atoms with Gasteiger partial charge in [-0.3, -0.25) is 9.59 Å². The predicted octanol–water partition coefficient (Wildman–Crippen LogP) is 1.76. The molecule has 0 aliphatic carbocycles. The molecule has 5 rings (SSSR count). The van der Waals surface area contributed by atoms with E-state index in [1.54, 1.807) is 29.4 Å². The van der Waals surface area contributed by atoms with Gasteiger partial charge in [0.15, 0.2) is 0 Å². The number of amides is 2. The lowest BCUT2D eigenvalue weighted by molar-refractivity contribution is -0.139. The van der Waals surface area contributed by atoms with Crippen molar-refractivity contribution in [3.8, 4) is 0 Å². The quantitative estimate of drug-likeness (QED) is 0.737. The predicted molar refractivity (Wildman–Crippen MR) is 108 cm³/mol. The number of rotatable bonds is 6. The van der Waals surface area contributed by atoms with E-state index in [1.807, 2.05) is 42.5 Å². The highest BCUT2D eigenvalue weighted by atomic mass is 16.5. The van der Waals surface area contributed by atoms with Crippen LogP contribution < -0.4 is 4.90 Å². The molecule has 2 amide bonds. The molecule has 2 saturated heterocycles. The number of anilines is 1. The highest BCUT2D eigenvalue weighted by Crippen LogP contribution is 2.53. The van der Waals surface area contributed by atoms with E-state index < -0.39 is 17.4 Å². The fourth-order valence-electron chi connectivity index (χ4n) is 4.96. The zero-order valence-electron chi connectivity index (χ0n) is 16.7. The highest BCUT2D eigenvalue weighted by Gasteiger charge is 2.67. The van der Waals surface area contributed by atoms with Gasteiger partial charge in [0.05, 0.1) is 37.0 Å². The first kappa shape index (κ1) is 19.1. The Kier molecular flexibility index (Phi) is 4.52. The number of nitrogens with zero attached hydrogens (tertiary/aromatic N) is 2. The molecule has 3 aliphatic heterocycles. The molecule has 3 aliphatic rings. The van der Waals surface area contributed by atoms with Gasteiger partial charge in [-0.05, 0) is 30.2 Å². The Bertz CT molecular complexity index is 984. The van der Waals surface area contributed by atoms with Crippen molar-refractivity contribution in [3.63, 3.8) is 0 Å². The Labute approximate surface area is 174 Å². The summed E-state index contributed by atoms with van der Waals surface area (Å²) in [6.45, 7) is 0.910. The number of benzene rings is 1. The topological polar surface area (TPSA) is 83.2 Å². The molecule has 7 heteroatoms. The Morgan fingerprint density at radius 2 is 2.07 bits per heavy atom. The first-order chi connectivity index (χ1) is 14.5. The van der Waals surface area contributed by atoms with Crippen molar-refractivity contribution in [1.82, 2.24) is 4.90 Å². The minimum absolute atomic E-state index is 0.0770. The largest absolute Gasteiger partial charge is 0.472 e. The standard InChI is InChI=1S/C23H24N2O5/c1-24(12-16-8-11-29-13-16)21(27)19-18-6-9-23(30-18)14-25(22(28)20(19)23)17-4-2-15(3-5-17)7-10-26/h2-6,8-9,11,13,18-20,26H,7,10,12,14H2,1H3/t18-,19+,20+,23-/m0/s1. The molecular formula is C23H24N2O5. The number of carbonyl (C=O) groups excluding carboxylic acids is 2. The number of aliphatic hydroxyl groups is 1. The van der Waals surface area contributed by atoms with Crippen LogP contribution in [0, 0.1) is 11.8 Å². The zero-order valence-corrected chi connectivity index (χ0v) is 16.7.